The van der Waals surface area contributed by atoms with Crippen molar-refractivity contribution >= 4 is 15.9 Å². The summed E-state index contributed by atoms with van der Waals surface area (Å²) in [5.41, 5.74) is 4.57. The van der Waals surface area contributed by atoms with Gasteiger partial charge in [0.25, 0.3) is 0 Å². The Morgan fingerprint density at radius 1 is 1.30 bits per heavy atom. The number of allylic oxidation sites excluding steroid dienone is 3. The molecule has 2 rings (SSSR count). The normalized spacial score (nSPS) is 21.1. The van der Waals surface area contributed by atoms with Crippen molar-refractivity contribution in [3.05, 3.63) is 47.1 Å². The zero-order chi connectivity index (χ0) is 17.0. The first-order valence-corrected chi connectivity index (χ1v) is 9.49. The van der Waals surface area contributed by atoms with Crippen molar-refractivity contribution < 1.29 is 10.2 Å². The van der Waals surface area contributed by atoms with Gasteiger partial charge >= 0.3 is 0 Å². The number of hydrogen-bond donors (Lipinski definition) is 2. The highest BCUT2D eigenvalue weighted by Crippen LogP contribution is 2.45. The zero-order valence-corrected chi connectivity index (χ0v) is 15.7. The molecule has 2 nitrogen and oxygen atoms in total. The maximum atomic E-state index is 10.5. The van der Waals surface area contributed by atoms with E-state index in [1.54, 1.807) is 0 Å². The standard InChI is InChI=1S/C20H27BrO2/c1-13(2)17-8-7-14(3)10-18(17)20-15(6-4-5-9-21)11-16(22)12-19(20)23/h10-12,17-18,22-23H,1,4-9H2,2-3H3/t17-,18+/m1/s1. The summed E-state index contributed by atoms with van der Waals surface area (Å²) in [5.74, 6) is 0.856. The van der Waals surface area contributed by atoms with E-state index < -0.39 is 0 Å². The van der Waals surface area contributed by atoms with Crippen LogP contribution in [0.5, 0.6) is 11.5 Å². The van der Waals surface area contributed by atoms with Crippen molar-refractivity contribution in [2.75, 3.05) is 5.33 Å². The van der Waals surface area contributed by atoms with Crippen LogP contribution in [0.15, 0.2) is 35.9 Å². The molecule has 2 atom stereocenters. The summed E-state index contributed by atoms with van der Waals surface area (Å²) in [4.78, 5) is 0. The molecule has 0 heterocycles. The Balaban J connectivity index is 2.46. The molecule has 126 valence electrons. The molecule has 0 aliphatic heterocycles. The summed E-state index contributed by atoms with van der Waals surface area (Å²) in [6.07, 6.45) is 7.43. The van der Waals surface area contributed by atoms with Gasteiger partial charge < -0.3 is 10.2 Å². The van der Waals surface area contributed by atoms with Crippen LogP contribution in [0.1, 0.15) is 56.6 Å². The Bertz CT molecular complexity index is 604. The van der Waals surface area contributed by atoms with Crippen LogP contribution < -0.4 is 0 Å². The van der Waals surface area contributed by atoms with Crippen LogP contribution in [-0.4, -0.2) is 15.5 Å². The van der Waals surface area contributed by atoms with Gasteiger partial charge in [0.2, 0.25) is 0 Å². The van der Waals surface area contributed by atoms with E-state index in [-0.39, 0.29) is 17.4 Å². The molecule has 23 heavy (non-hydrogen) atoms. The molecule has 0 spiro atoms. The molecule has 1 aliphatic rings. The first-order chi connectivity index (χ1) is 10.9. The third kappa shape index (κ3) is 4.41. The van der Waals surface area contributed by atoms with E-state index in [9.17, 15) is 10.2 Å². The lowest BCUT2D eigenvalue weighted by Gasteiger charge is -2.32. The number of unbranched alkanes of at least 4 members (excludes halogenated alkanes) is 1. The fourth-order valence-corrected chi connectivity index (χ4v) is 3.98. The summed E-state index contributed by atoms with van der Waals surface area (Å²) in [7, 11) is 0. The number of phenols is 2. The smallest absolute Gasteiger partial charge is 0.123 e. The highest BCUT2D eigenvalue weighted by atomic mass is 79.9. The van der Waals surface area contributed by atoms with Crippen LogP contribution in [0, 0.1) is 5.92 Å². The number of halogens is 1. The second kappa shape index (κ2) is 8.05. The van der Waals surface area contributed by atoms with Gasteiger partial charge in [0.1, 0.15) is 11.5 Å². The fraction of sp³-hybridized carbons (Fsp3) is 0.500. The van der Waals surface area contributed by atoms with Crippen molar-refractivity contribution in [2.24, 2.45) is 5.92 Å². The molecule has 2 N–H and O–H groups in total. The van der Waals surface area contributed by atoms with E-state index in [1.165, 1.54) is 11.6 Å². The Morgan fingerprint density at radius 3 is 2.70 bits per heavy atom. The second-order valence-electron chi connectivity index (χ2n) is 6.71. The SMILES string of the molecule is C=C(C)[C@H]1CCC(C)=C[C@@H]1c1c(O)cc(O)cc1CCCCBr. The first kappa shape index (κ1) is 18.1. The van der Waals surface area contributed by atoms with Crippen molar-refractivity contribution in [1.29, 1.82) is 0 Å². The van der Waals surface area contributed by atoms with Crippen LogP contribution in [-0.2, 0) is 6.42 Å². The number of alkyl halides is 1. The highest BCUT2D eigenvalue weighted by Gasteiger charge is 2.29. The van der Waals surface area contributed by atoms with E-state index in [2.05, 4.69) is 42.4 Å². The van der Waals surface area contributed by atoms with Gasteiger partial charge in [-0.2, -0.15) is 0 Å². The quantitative estimate of drug-likeness (QED) is 0.371. The van der Waals surface area contributed by atoms with E-state index >= 15 is 0 Å². The predicted octanol–water partition coefficient (Wildman–Crippen LogP) is 5.83. The average Bonchev–Trinajstić information content (AvgIpc) is 2.46. The number of rotatable bonds is 6. The maximum absolute atomic E-state index is 10.5. The highest BCUT2D eigenvalue weighted by molar-refractivity contribution is 9.09. The van der Waals surface area contributed by atoms with Gasteiger partial charge in [-0.25, -0.2) is 0 Å². The molecule has 0 saturated heterocycles. The number of aromatic hydroxyl groups is 2. The minimum Gasteiger partial charge on any atom is -0.508 e. The zero-order valence-electron chi connectivity index (χ0n) is 14.1. The van der Waals surface area contributed by atoms with Crippen molar-refractivity contribution in [1.82, 2.24) is 0 Å². The molecule has 0 saturated carbocycles. The number of phenolic OH excluding ortho intramolecular Hbond substituents is 2. The molecule has 0 amide bonds. The number of benzene rings is 1. The molecule has 3 heteroatoms. The molecule has 0 bridgehead atoms. The fourth-order valence-electron chi connectivity index (χ4n) is 3.59. The second-order valence-corrected chi connectivity index (χ2v) is 7.51. The van der Waals surface area contributed by atoms with Gasteiger partial charge in [-0.1, -0.05) is 39.7 Å². The van der Waals surface area contributed by atoms with E-state index in [0.717, 1.165) is 54.1 Å². The molecule has 1 aromatic carbocycles. The topological polar surface area (TPSA) is 40.5 Å². The largest absolute Gasteiger partial charge is 0.508 e. The molecule has 0 fully saturated rings. The third-order valence-corrected chi connectivity index (χ3v) is 5.33. The lowest BCUT2D eigenvalue weighted by Crippen LogP contribution is -2.18. The minimum atomic E-state index is 0.142. The molecular weight excluding hydrogens is 352 g/mol. The Morgan fingerprint density at radius 2 is 2.04 bits per heavy atom. The summed E-state index contributed by atoms with van der Waals surface area (Å²) in [6.45, 7) is 8.40. The lowest BCUT2D eigenvalue weighted by molar-refractivity contribution is 0.423. The Labute approximate surface area is 148 Å². The minimum absolute atomic E-state index is 0.142. The molecule has 0 aromatic heterocycles. The molecular formula is C20H27BrO2. The molecule has 0 unspecified atom stereocenters. The lowest BCUT2D eigenvalue weighted by atomic mass is 9.72. The van der Waals surface area contributed by atoms with E-state index in [4.69, 9.17) is 0 Å². The number of aryl methyl sites for hydroxylation is 1. The summed E-state index contributed by atoms with van der Waals surface area (Å²) < 4.78 is 0. The van der Waals surface area contributed by atoms with E-state index in [1.807, 2.05) is 6.07 Å². The van der Waals surface area contributed by atoms with Crippen molar-refractivity contribution in [3.8, 4) is 11.5 Å². The van der Waals surface area contributed by atoms with Crippen LogP contribution in [0.4, 0.5) is 0 Å². The monoisotopic (exact) mass is 378 g/mol. The summed E-state index contributed by atoms with van der Waals surface area (Å²) in [6, 6.07) is 3.28. The predicted molar refractivity (Wildman–Crippen MR) is 101 cm³/mol. The van der Waals surface area contributed by atoms with Crippen LogP contribution in [0.25, 0.3) is 0 Å². The molecule has 1 aromatic rings. The number of hydrogen-bond acceptors (Lipinski definition) is 2. The average molecular weight is 379 g/mol. The summed E-state index contributed by atoms with van der Waals surface area (Å²) in [5, 5.41) is 21.4. The Kier molecular flexibility index (Phi) is 6.34. The first-order valence-electron chi connectivity index (χ1n) is 8.37. The third-order valence-electron chi connectivity index (χ3n) is 4.77. The Hall–Kier alpha value is -1.22. The van der Waals surface area contributed by atoms with Crippen LogP contribution >= 0.6 is 15.9 Å². The van der Waals surface area contributed by atoms with Gasteiger partial charge in [0, 0.05) is 22.9 Å². The van der Waals surface area contributed by atoms with Gasteiger partial charge in [0.15, 0.2) is 0 Å². The van der Waals surface area contributed by atoms with Gasteiger partial charge in [0.05, 0.1) is 0 Å². The maximum Gasteiger partial charge on any atom is 0.123 e. The van der Waals surface area contributed by atoms with Gasteiger partial charge in [-0.05, 0) is 63.5 Å². The van der Waals surface area contributed by atoms with Crippen LogP contribution in [0.3, 0.4) is 0 Å². The van der Waals surface area contributed by atoms with Crippen molar-refractivity contribution in [3.63, 3.8) is 0 Å². The van der Waals surface area contributed by atoms with Crippen molar-refractivity contribution in [2.45, 2.75) is 51.9 Å². The molecule has 0 radical (unpaired) electrons. The van der Waals surface area contributed by atoms with Crippen LogP contribution in [0.2, 0.25) is 0 Å². The van der Waals surface area contributed by atoms with Gasteiger partial charge in [-0.15, -0.1) is 0 Å². The van der Waals surface area contributed by atoms with E-state index in [0.29, 0.717) is 5.92 Å². The summed E-state index contributed by atoms with van der Waals surface area (Å²) >= 11 is 3.46. The molecule has 1 aliphatic carbocycles. The van der Waals surface area contributed by atoms with Gasteiger partial charge in [-0.3, -0.25) is 0 Å².